The summed E-state index contributed by atoms with van der Waals surface area (Å²) >= 11 is 0. The Morgan fingerprint density at radius 3 is 2.32 bits per heavy atom. The van der Waals surface area contributed by atoms with Crippen molar-refractivity contribution in [1.82, 2.24) is 25.1 Å². The van der Waals surface area contributed by atoms with Crippen molar-refractivity contribution in [3.63, 3.8) is 0 Å². The van der Waals surface area contributed by atoms with E-state index in [4.69, 9.17) is 9.84 Å². The molecule has 14 nitrogen and oxygen atoms in total. The fourth-order valence-corrected chi connectivity index (χ4v) is 4.52. The molecule has 38 heavy (non-hydrogen) atoms. The van der Waals surface area contributed by atoms with Crippen LogP contribution >= 0.6 is 7.60 Å². The van der Waals surface area contributed by atoms with Crippen molar-refractivity contribution in [1.29, 1.82) is 0 Å². The average Bonchev–Trinajstić information content (AvgIpc) is 2.90. The summed E-state index contributed by atoms with van der Waals surface area (Å²) in [7, 11) is -1.40. The van der Waals surface area contributed by atoms with Gasteiger partial charge in [0.1, 0.15) is 17.6 Å². The number of hydrogen-bond acceptors (Lipinski definition) is 8. The Balaban J connectivity index is 1.88. The molecule has 0 aliphatic carbocycles. The second-order valence-electron chi connectivity index (χ2n) is 8.68. The van der Waals surface area contributed by atoms with Gasteiger partial charge in [0.05, 0.1) is 12.8 Å². The molecule has 0 unspecified atom stereocenters. The molecule has 0 bridgehead atoms. The number of hydrogen-bond donors (Lipinski definition) is 4. The summed E-state index contributed by atoms with van der Waals surface area (Å²) in [5.74, 6) is -0.882. The van der Waals surface area contributed by atoms with Crippen molar-refractivity contribution in [2.24, 2.45) is 0 Å². The highest BCUT2D eigenvalue weighted by Gasteiger charge is 2.34. The maximum atomic E-state index is 13.3. The predicted molar refractivity (Wildman–Crippen MR) is 137 cm³/mol. The highest BCUT2D eigenvalue weighted by atomic mass is 31.2. The summed E-state index contributed by atoms with van der Waals surface area (Å²) < 4.78 is 16.9. The van der Waals surface area contributed by atoms with Gasteiger partial charge < -0.3 is 39.6 Å². The Morgan fingerprint density at radius 2 is 1.74 bits per heavy atom. The Kier molecular flexibility index (Phi) is 9.75. The molecule has 4 N–H and O–H groups in total. The average molecular weight is 551 g/mol. The first kappa shape index (κ1) is 29.0. The summed E-state index contributed by atoms with van der Waals surface area (Å²) in [5, 5.41) is 11.5. The molecule has 1 aromatic carbocycles. The molecule has 1 aliphatic heterocycles. The minimum atomic E-state index is -4.72. The number of ether oxygens (including phenoxy) is 1. The van der Waals surface area contributed by atoms with Gasteiger partial charge in [-0.05, 0) is 0 Å². The first-order chi connectivity index (χ1) is 18.0. The van der Waals surface area contributed by atoms with Crippen LogP contribution < -0.4 is 10.2 Å². The molecule has 1 saturated heterocycles. The van der Waals surface area contributed by atoms with E-state index in [1.54, 1.807) is 43.3 Å². The van der Waals surface area contributed by atoms with Gasteiger partial charge in [-0.25, -0.2) is 14.8 Å². The third-order valence-electron chi connectivity index (χ3n) is 5.88. The van der Waals surface area contributed by atoms with Crippen LogP contribution in [0.4, 0.5) is 10.6 Å². The van der Waals surface area contributed by atoms with E-state index in [-0.39, 0.29) is 37.7 Å². The van der Waals surface area contributed by atoms with E-state index >= 15 is 0 Å². The number of amides is 3. The third kappa shape index (κ3) is 7.96. The number of nitrogens with one attached hydrogen (secondary N) is 1. The lowest BCUT2D eigenvalue weighted by Gasteiger charge is -2.35. The monoisotopic (exact) mass is 550 g/mol. The Bertz CT molecular complexity index is 1190. The number of rotatable bonds is 10. The molecule has 3 rings (SSSR count). The van der Waals surface area contributed by atoms with E-state index in [1.165, 1.54) is 11.0 Å². The van der Waals surface area contributed by atoms with Gasteiger partial charge in [0.25, 0.3) is 5.91 Å². The van der Waals surface area contributed by atoms with E-state index in [1.807, 2.05) is 6.07 Å². The van der Waals surface area contributed by atoms with Crippen molar-refractivity contribution in [2.45, 2.75) is 6.04 Å². The first-order valence-corrected chi connectivity index (χ1v) is 13.5. The highest BCUT2D eigenvalue weighted by Crippen LogP contribution is 2.35. The van der Waals surface area contributed by atoms with Crippen molar-refractivity contribution in [3.05, 3.63) is 42.1 Å². The molecule has 3 amide bonds. The minimum Gasteiger partial charge on any atom is -0.465 e. The summed E-state index contributed by atoms with van der Waals surface area (Å²) in [5.41, 5.74) is 0.542. The predicted octanol–water partition coefficient (Wildman–Crippen LogP) is 0.325. The molecule has 2 heterocycles. The number of methoxy groups -OCH3 is 1. The van der Waals surface area contributed by atoms with Gasteiger partial charge in [0, 0.05) is 58.5 Å². The van der Waals surface area contributed by atoms with Gasteiger partial charge in [0.15, 0.2) is 5.82 Å². The number of carbonyl (C=O) groups is 3. The van der Waals surface area contributed by atoms with Gasteiger partial charge in [-0.15, -0.1) is 0 Å². The van der Waals surface area contributed by atoms with Crippen molar-refractivity contribution >= 4 is 31.3 Å². The van der Waals surface area contributed by atoms with Crippen LogP contribution in [0.15, 0.2) is 36.4 Å². The Morgan fingerprint density at radius 1 is 1.11 bits per heavy atom. The molecule has 0 saturated carbocycles. The molecular formula is C23H31N6O8P. The zero-order valence-electron chi connectivity index (χ0n) is 21.1. The maximum Gasteiger partial charge on any atom is 0.407 e. The van der Waals surface area contributed by atoms with E-state index in [9.17, 15) is 28.7 Å². The van der Waals surface area contributed by atoms with E-state index in [2.05, 4.69) is 15.3 Å². The fourth-order valence-electron chi connectivity index (χ4n) is 3.80. The minimum absolute atomic E-state index is 0.0266. The van der Waals surface area contributed by atoms with Crippen molar-refractivity contribution in [3.8, 4) is 11.4 Å². The summed E-state index contributed by atoms with van der Waals surface area (Å²) in [6.07, 6.45) is -2.05. The smallest absolute Gasteiger partial charge is 0.407 e. The number of aromatic nitrogens is 2. The van der Waals surface area contributed by atoms with Gasteiger partial charge in [-0.2, -0.15) is 0 Å². The standard InChI is InChI=1S/C23H31N6O8P/c1-27(12-13-37-2)19-14-17(24-20(26-19)16-6-4-3-5-7-16)21(30)25-18(15-38(34,35)36)22(31)28-8-10-29(11-9-28)23(32)33/h3-7,14,18H,8-13,15H2,1-2H3,(H,25,30)(H,32,33)(H2,34,35,36)/t18-/m0/s1. The molecule has 206 valence electrons. The van der Waals surface area contributed by atoms with Crippen LogP contribution in [0.1, 0.15) is 10.5 Å². The number of benzene rings is 1. The summed E-state index contributed by atoms with van der Waals surface area (Å²) in [4.78, 5) is 69.8. The lowest BCUT2D eigenvalue weighted by molar-refractivity contribution is -0.134. The summed E-state index contributed by atoms with van der Waals surface area (Å²) in [6, 6.07) is 8.81. The lowest BCUT2D eigenvalue weighted by Crippen LogP contribution is -2.56. The third-order valence-corrected chi connectivity index (χ3v) is 6.73. The quantitative estimate of drug-likeness (QED) is 0.299. The van der Waals surface area contributed by atoms with Gasteiger partial charge in [0.2, 0.25) is 5.91 Å². The van der Waals surface area contributed by atoms with Crippen LogP contribution in [-0.2, 0) is 14.1 Å². The number of anilines is 1. The van der Waals surface area contributed by atoms with Crippen LogP contribution in [0.25, 0.3) is 11.4 Å². The molecule has 1 atom stereocenters. The number of likely N-dealkylation sites (N-methyl/N-ethyl adjacent to an activating group) is 1. The number of nitrogens with zero attached hydrogens (tertiary/aromatic N) is 5. The fraction of sp³-hybridized carbons (Fsp3) is 0.435. The summed E-state index contributed by atoms with van der Waals surface area (Å²) in [6.45, 7) is 1.00. The first-order valence-electron chi connectivity index (χ1n) is 11.7. The second-order valence-corrected chi connectivity index (χ2v) is 10.4. The van der Waals surface area contributed by atoms with Gasteiger partial charge in [-0.1, -0.05) is 30.3 Å². The normalized spacial score (nSPS) is 14.6. The van der Waals surface area contributed by atoms with Crippen LogP contribution in [-0.4, -0.2) is 118 Å². The SMILES string of the molecule is COCCN(C)c1cc(C(=O)N[C@@H](CP(=O)(O)O)C(=O)N2CCN(C(=O)O)CC2)nc(-c2ccccc2)n1. The van der Waals surface area contributed by atoms with Gasteiger partial charge in [-0.3, -0.25) is 14.2 Å². The van der Waals surface area contributed by atoms with Crippen LogP contribution in [0.3, 0.4) is 0 Å². The van der Waals surface area contributed by atoms with E-state index in [0.717, 1.165) is 4.90 Å². The zero-order valence-corrected chi connectivity index (χ0v) is 22.0. The second kappa shape index (κ2) is 12.8. The molecule has 15 heteroatoms. The Labute approximate surface area is 219 Å². The van der Waals surface area contributed by atoms with Crippen molar-refractivity contribution < 1.29 is 38.6 Å². The van der Waals surface area contributed by atoms with Crippen LogP contribution in [0, 0.1) is 0 Å². The number of carboxylic acid groups (broad SMARTS) is 1. The van der Waals surface area contributed by atoms with Crippen molar-refractivity contribution in [2.75, 3.05) is 64.5 Å². The number of piperazine rings is 1. The molecule has 2 aromatic rings. The Hall–Kier alpha value is -3.58. The van der Waals surface area contributed by atoms with Crippen LogP contribution in [0.5, 0.6) is 0 Å². The lowest BCUT2D eigenvalue weighted by atomic mass is 10.2. The zero-order chi connectivity index (χ0) is 27.9. The number of carbonyl (C=O) groups excluding carboxylic acids is 2. The maximum absolute atomic E-state index is 13.3. The van der Waals surface area contributed by atoms with E-state index in [0.29, 0.717) is 24.5 Å². The largest absolute Gasteiger partial charge is 0.465 e. The molecule has 1 aliphatic rings. The van der Waals surface area contributed by atoms with Gasteiger partial charge >= 0.3 is 13.7 Å². The molecule has 1 fully saturated rings. The van der Waals surface area contributed by atoms with E-state index < -0.39 is 37.7 Å². The van der Waals surface area contributed by atoms with Crippen LogP contribution in [0.2, 0.25) is 0 Å². The molecule has 1 aromatic heterocycles. The highest BCUT2D eigenvalue weighted by molar-refractivity contribution is 7.51. The molecule has 0 radical (unpaired) electrons. The molecule has 0 spiro atoms. The molecular weight excluding hydrogens is 519 g/mol. The topological polar surface area (TPSA) is 186 Å².